The molecule has 1 heterocycles. The van der Waals surface area contributed by atoms with E-state index in [0.717, 1.165) is 28.7 Å². The molecule has 0 aliphatic rings. The lowest BCUT2D eigenvalue weighted by molar-refractivity contribution is 0.317. The summed E-state index contributed by atoms with van der Waals surface area (Å²) in [6.07, 6.45) is 2.09. The summed E-state index contributed by atoms with van der Waals surface area (Å²) in [4.78, 5) is 0. The Balaban J connectivity index is 2.39. The van der Waals surface area contributed by atoms with E-state index in [-0.39, 0.29) is 0 Å². The fourth-order valence-electron chi connectivity index (χ4n) is 1.70. The zero-order chi connectivity index (χ0) is 13.0. The number of hydrogen-bond donors (Lipinski definition) is 0. The lowest BCUT2D eigenvalue weighted by Crippen LogP contribution is -1.95. The Labute approximate surface area is 111 Å². The Morgan fingerprint density at radius 1 is 1.39 bits per heavy atom. The third kappa shape index (κ3) is 2.41. The largest absolute Gasteiger partial charge is 0.497 e. The first-order valence-electron chi connectivity index (χ1n) is 5.93. The van der Waals surface area contributed by atoms with Gasteiger partial charge in [-0.05, 0) is 24.6 Å². The second-order valence-electron chi connectivity index (χ2n) is 3.94. The topological polar surface area (TPSA) is 42.2 Å². The van der Waals surface area contributed by atoms with Gasteiger partial charge in [0.1, 0.15) is 17.4 Å². The molecule has 3 nitrogen and oxygen atoms in total. The molecule has 1 aromatic heterocycles. The van der Waals surface area contributed by atoms with Crippen LogP contribution in [0.3, 0.4) is 0 Å². The Hall–Kier alpha value is -1.73. The number of benzene rings is 1. The lowest BCUT2D eigenvalue weighted by atomic mass is 10.2. The monoisotopic (exact) mass is 261 g/mol. The van der Waals surface area contributed by atoms with Crippen molar-refractivity contribution >= 4 is 21.4 Å². The molecule has 0 saturated carbocycles. The number of fused-ring (bicyclic) bond motifs is 1. The van der Waals surface area contributed by atoms with Crippen LogP contribution in [0.5, 0.6) is 10.8 Å². The molecule has 0 spiro atoms. The van der Waals surface area contributed by atoms with Gasteiger partial charge in [-0.3, -0.25) is 0 Å². The van der Waals surface area contributed by atoms with E-state index in [9.17, 15) is 5.26 Å². The number of nitrogens with zero attached hydrogens (tertiary/aromatic N) is 1. The number of methoxy groups -OCH3 is 1. The zero-order valence-electron chi connectivity index (χ0n) is 10.5. The van der Waals surface area contributed by atoms with Gasteiger partial charge in [-0.1, -0.05) is 24.7 Å². The van der Waals surface area contributed by atoms with Crippen LogP contribution in [0.15, 0.2) is 18.2 Å². The van der Waals surface area contributed by atoms with Crippen molar-refractivity contribution in [3.63, 3.8) is 0 Å². The smallest absolute Gasteiger partial charge is 0.193 e. The molecule has 0 aliphatic carbocycles. The van der Waals surface area contributed by atoms with E-state index in [1.807, 2.05) is 18.2 Å². The molecule has 0 atom stereocenters. The average molecular weight is 261 g/mol. The zero-order valence-corrected chi connectivity index (χ0v) is 11.3. The Kier molecular flexibility index (Phi) is 4.06. The van der Waals surface area contributed by atoms with E-state index in [1.165, 1.54) is 11.3 Å². The highest BCUT2D eigenvalue weighted by molar-refractivity contribution is 7.21. The van der Waals surface area contributed by atoms with Crippen molar-refractivity contribution in [1.29, 1.82) is 5.26 Å². The second kappa shape index (κ2) is 5.74. The van der Waals surface area contributed by atoms with Gasteiger partial charge < -0.3 is 9.47 Å². The fourth-order valence-corrected chi connectivity index (χ4v) is 2.70. The molecule has 0 radical (unpaired) electrons. The molecule has 0 aliphatic heterocycles. The molecule has 0 unspecified atom stereocenters. The predicted molar refractivity (Wildman–Crippen MR) is 73.5 cm³/mol. The highest BCUT2D eigenvalue weighted by Gasteiger charge is 2.13. The summed E-state index contributed by atoms with van der Waals surface area (Å²) in [5, 5.41) is 10.9. The summed E-state index contributed by atoms with van der Waals surface area (Å²) < 4.78 is 11.9. The van der Waals surface area contributed by atoms with Crippen molar-refractivity contribution in [1.82, 2.24) is 0 Å². The van der Waals surface area contributed by atoms with Gasteiger partial charge in [0, 0.05) is 10.1 Å². The molecule has 0 amide bonds. The normalized spacial score (nSPS) is 10.3. The molecule has 0 saturated heterocycles. The van der Waals surface area contributed by atoms with Crippen molar-refractivity contribution in [2.45, 2.75) is 19.8 Å². The maximum atomic E-state index is 9.26. The van der Waals surface area contributed by atoms with E-state index in [2.05, 4.69) is 13.0 Å². The van der Waals surface area contributed by atoms with Gasteiger partial charge in [-0.2, -0.15) is 5.26 Å². The highest BCUT2D eigenvalue weighted by Crippen LogP contribution is 2.38. The molecule has 18 heavy (non-hydrogen) atoms. The molecule has 0 bridgehead atoms. The summed E-state index contributed by atoms with van der Waals surface area (Å²) >= 11 is 1.52. The molecule has 0 fully saturated rings. The van der Waals surface area contributed by atoms with Crippen LogP contribution in [0.4, 0.5) is 0 Å². The van der Waals surface area contributed by atoms with Crippen LogP contribution in [0.25, 0.3) is 10.1 Å². The van der Waals surface area contributed by atoms with Crippen LogP contribution >= 0.6 is 11.3 Å². The van der Waals surface area contributed by atoms with Crippen LogP contribution in [0, 0.1) is 11.3 Å². The summed E-state index contributed by atoms with van der Waals surface area (Å²) in [6.45, 7) is 2.78. The first kappa shape index (κ1) is 12.7. The predicted octanol–water partition coefficient (Wildman–Crippen LogP) is 3.96. The third-order valence-electron chi connectivity index (χ3n) is 2.71. The maximum Gasteiger partial charge on any atom is 0.193 e. The number of rotatable bonds is 5. The Bertz CT molecular complexity index is 583. The van der Waals surface area contributed by atoms with Gasteiger partial charge in [0.2, 0.25) is 0 Å². The minimum atomic E-state index is 0.616. The summed E-state index contributed by atoms with van der Waals surface area (Å²) in [5.41, 5.74) is 0.616. The quantitative estimate of drug-likeness (QED) is 0.765. The first-order valence-corrected chi connectivity index (χ1v) is 6.75. The number of ether oxygens (including phenoxy) is 2. The van der Waals surface area contributed by atoms with E-state index < -0.39 is 0 Å². The first-order chi connectivity index (χ1) is 8.80. The van der Waals surface area contributed by atoms with Crippen molar-refractivity contribution in [2.24, 2.45) is 0 Å². The van der Waals surface area contributed by atoms with Crippen LogP contribution in [0.2, 0.25) is 0 Å². The minimum Gasteiger partial charge on any atom is -0.497 e. The lowest BCUT2D eigenvalue weighted by Gasteiger charge is -2.01. The van der Waals surface area contributed by atoms with E-state index in [4.69, 9.17) is 9.47 Å². The van der Waals surface area contributed by atoms with Crippen LogP contribution < -0.4 is 9.47 Å². The van der Waals surface area contributed by atoms with Crippen molar-refractivity contribution in [3.05, 3.63) is 23.8 Å². The Morgan fingerprint density at radius 3 is 2.89 bits per heavy atom. The van der Waals surface area contributed by atoms with Crippen molar-refractivity contribution in [2.75, 3.05) is 13.7 Å². The summed E-state index contributed by atoms with van der Waals surface area (Å²) in [6, 6.07) is 7.98. The van der Waals surface area contributed by atoms with Gasteiger partial charge in [-0.25, -0.2) is 0 Å². The minimum absolute atomic E-state index is 0.616. The maximum absolute atomic E-state index is 9.26. The van der Waals surface area contributed by atoms with Gasteiger partial charge in [0.25, 0.3) is 0 Å². The summed E-state index contributed by atoms with van der Waals surface area (Å²) in [5.74, 6) is 0.761. The third-order valence-corrected chi connectivity index (χ3v) is 3.79. The standard InChI is InChI=1S/C14H15NO2S/c1-3-4-7-17-14-12(9-15)11-8-10(16-2)5-6-13(11)18-14/h5-6,8H,3-4,7H2,1-2H3. The van der Waals surface area contributed by atoms with Crippen LogP contribution in [-0.4, -0.2) is 13.7 Å². The van der Waals surface area contributed by atoms with Gasteiger partial charge in [-0.15, -0.1) is 0 Å². The number of hydrogen-bond acceptors (Lipinski definition) is 4. The molecular weight excluding hydrogens is 246 g/mol. The second-order valence-corrected chi connectivity index (χ2v) is 4.96. The molecule has 94 valence electrons. The van der Waals surface area contributed by atoms with Gasteiger partial charge >= 0.3 is 0 Å². The van der Waals surface area contributed by atoms with Crippen LogP contribution in [-0.2, 0) is 0 Å². The SMILES string of the molecule is CCCCOc1sc2ccc(OC)cc2c1C#N. The van der Waals surface area contributed by atoms with E-state index in [1.54, 1.807) is 7.11 Å². The molecule has 2 aromatic rings. The number of thiophene rings is 1. The van der Waals surface area contributed by atoms with Crippen molar-refractivity contribution < 1.29 is 9.47 Å². The van der Waals surface area contributed by atoms with E-state index >= 15 is 0 Å². The van der Waals surface area contributed by atoms with E-state index in [0.29, 0.717) is 17.2 Å². The van der Waals surface area contributed by atoms with Gasteiger partial charge in [0.15, 0.2) is 5.06 Å². The van der Waals surface area contributed by atoms with Crippen LogP contribution in [0.1, 0.15) is 25.3 Å². The number of unbranched alkanes of at least 4 members (excludes halogenated alkanes) is 1. The van der Waals surface area contributed by atoms with Gasteiger partial charge in [0.05, 0.1) is 13.7 Å². The molecule has 1 aromatic carbocycles. The average Bonchev–Trinajstić information content (AvgIpc) is 2.75. The molecule has 0 N–H and O–H groups in total. The fraction of sp³-hybridized carbons (Fsp3) is 0.357. The molecular formula is C14H15NO2S. The highest BCUT2D eigenvalue weighted by atomic mass is 32.1. The molecule has 2 rings (SSSR count). The van der Waals surface area contributed by atoms with Crippen molar-refractivity contribution in [3.8, 4) is 16.9 Å². The molecule has 4 heteroatoms. The number of nitriles is 1. The Morgan fingerprint density at radius 2 is 2.22 bits per heavy atom. The summed E-state index contributed by atoms with van der Waals surface area (Å²) in [7, 11) is 1.62.